The van der Waals surface area contributed by atoms with Crippen LogP contribution in [0.4, 0.5) is 0 Å². The van der Waals surface area contributed by atoms with E-state index in [-0.39, 0.29) is 6.10 Å². The fourth-order valence-electron chi connectivity index (χ4n) is 8.11. The molecule has 29 heavy (non-hydrogen) atoms. The monoisotopic (exact) mass is 398 g/mol. The molecule has 4 rings (SSSR count). The average molecular weight is 399 g/mol. The third-order valence-electron chi connectivity index (χ3n) is 10.0. The van der Waals surface area contributed by atoms with Crippen molar-refractivity contribution in [2.24, 2.45) is 46.8 Å². The predicted molar refractivity (Wildman–Crippen MR) is 124 cm³/mol. The lowest BCUT2D eigenvalue weighted by molar-refractivity contribution is 0.0211. The van der Waals surface area contributed by atoms with Crippen LogP contribution >= 0.6 is 0 Å². The van der Waals surface area contributed by atoms with E-state index in [0.29, 0.717) is 5.41 Å². The van der Waals surface area contributed by atoms with E-state index in [1.807, 2.05) is 11.1 Å². The van der Waals surface area contributed by atoms with E-state index in [1.165, 1.54) is 51.4 Å². The van der Waals surface area contributed by atoms with Crippen molar-refractivity contribution in [3.05, 3.63) is 23.3 Å². The summed E-state index contributed by atoms with van der Waals surface area (Å²) < 4.78 is 0. The molecule has 0 amide bonds. The standard InChI is InChI=1S/C28H46O/c1-6-20(18(2)3)8-7-19(4)23-11-12-25-24(23)13-14-27-26(25)10-9-21-17-22(29)15-16-28(21,27)5/h7-8,18-25,29H,6,9-17H2,1-5H3. The van der Waals surface area contributed by atoms with Crippen molar-refractivity contribution in [1.29, 1.82) is 0 Å². The van der Waals surface area contributed by atoms with Gasteiger partial charge >= 0.3 is 0 Å². The van der Waals surface area contributed by atoms with Crippen LogP contribution in [-0.4, -0.2) is 11.2 Å². The van der Waals surface area contributed by atoms with Gasteiger partial charge in [0.05, 0.1) is 6.10 Å². The van der Waals surface area contributed by atoms with Crippen molar-refractivity contribution in [2.75, 3.05) is 0 Å². The summed E-state index contributed by atoms with van der Waals surface area (Å²) in [6, 6.07) is 0. The Morgan fingerprint density at radius 3 is 2.55 bits per heavy atom. The second-order valence-electron chi connectivity index (χ2n) is 11.7. The molecular weight excluding hydrogens is 352 g/mol. The lowest BCUT2D eigenvalue weighted by Gasteiger charge is -2.52. The first kappa shape index (κ1) is 21.7. The third kappa shape index (κ3) is 3.90. The van der Waals surface area contributed by atoms with Crippen LogP contribution in [0.15, 0.2) is 23.3 Å². The molecule has 0 radical (unpaired) electrons. The molecule has 164 valence electrons. The summed E-state index contributed by atoms with van der Waals surface area (Å²) in [7, 11) is 0. The highest BCUT2D eigenvalue weighted by molar-refractivity contribution is 5.33. The van der Waals surface area contributed by atoms with Crippen molar-refractivity contribution in [3.63, 3.8) is 0 Å². The highest BCUT2D eigenvalue weighted by atomic mass is 16.3. The second kappa shape index (κ2) is 8.52. The molecule has 8 atom stereocenters. The topological polar surface area (TPSA) is 20.2 Å². The summed E-state index contributed by atoms with van der Waals surface area (Å²) in [5.74, 6) is 5.69. The van der Waals surface area contributed by atoms with E-state index >= 15 is 0 Å². The Morgan fingerprint density at radius 2 is 1.83 bits per heavy atom. The van der Waals surface area contributed by atoms with Gasteiger partial charge in [-0.25, -0.2) is 0 Å². The molecule has 1 heteroatoms. The number of hydrogen-bond acceptors (Lipinski definition) is 1. The molecule has 2 fully saturated rings. The number of aliphatic hydroxyl groups excluding tert-OH is 1. The Labute approximate surface area is 180 Å². The van der Waals surface area contributed by atoms with Crippen LogP contribution in [0.1, 0.15) is 98.8 Å². The molecule has 0 bridgehead atoms. The average Bonchev–Trinajstić information content (AvgIpc) is 3.13. The lowest BCUT2D eigenvalue weighted by atomic mass is 9.53. The molecule has 0 aromatic carbocycles. The smallest absolute Gasteiger partial charge is 0.0543 e. The predicted octanol–water partition coefficient (Wildman–Crippen LogP) is 7.55. The Kier molecular flexibility index (Phi) is 6.37. The van der Waals surface area contributed by atoms with Crippen LogP contribution in [0.3, 0.4) is 0 Å². The van der Waals surface area contributed by atoms with Crippen molar-refractivity contribution >= 4 is 0 Å². The first-order valence-electron chi connectivity index (χ1n) is 12.9. The van der Waals surface area contributed by atoms with E-state index in [9.17, 15) is 5.11 Å². The molecule has 0 heterocycles. The van der Waals surface area contributed by atoms with Gasteiger partial charge in [0, 0.05) is 0 Å². The molecule has 4 aliphatic rings. The minimum atomic E-state index is -0.0344. The Hall–Kier alpha value is -0.560. The van der Waals surface area contributed by atoms with Gasteiger partial charge in [-0.1, -0.05) is 57.9 Å². The molecular formula is C28H46O. The van der Waals surface area contributed by atoms with Gasteiger partial charge in [0.2, 0.25) is 0 Å². The van der Waals surface area contributed by atoms with Gasteiger partial charge in [-0.3, -0.25) is 0 Å². The number of rotatable bonds is 5. The first-order valence-corrected chi connectivity index (χ1v) is 12.9. The highest BCUT2D eigenvalue weighted by Gasteiger charge is 2.50. The van der Waals surface area contributed by atoms with Crippen LogP contribution in [0, 0.1) is 46.8 Å². The zero-order valence-corrected chi connectivity index (χ0v) is 19.8. The van der Waals surface area contributed by atoms with Gasteiger partial charge in [0.25, 0.3) is 0 Å². The van der Waals surface area contributed by atoms with E-state index in [1.54, 1.807) is 0 Å². The maximum atomic E-state index is 10.2. The quantitative estimate of drug-likeness (QED) is 0.474. The molecule has 1 nitrogen and oxygen atoms in total. The summed E-state index contributed by atoms with van der Waals surface area (Å²) in [5, 5.41) is 10.2. The Balaban J connectivity index is 1.50. The minimum Gasteiger partial charge on any atom is -0.393 e. The van der Waals surface area contributed by atoms with Gasteiger partial charge in [-0.15, -0.1) is 0 Å². The molecule has 4 aliphatic carbocycles. The zero-order chi connectivity index (χ0) is 20.8. The zero-order valence-electron chi connectivity index (χ0n) is 19.8. The number of allylic oxidation sites excluding steroid dienone is 4. The fourth-order valence-corrected chi connectivity index (χ4v) is 8.11. The maximum Gasteiger partial charge on any atom is 0.0543 e. The van der Waals surface area contributed by atoms with E-state index < -0.39 is 0 Å². The Bertz CT molecular complexity index is 643. The molecule has 0 aromatic rings. The van der Waals surface area contributed by atoms with Gasteiger partial charge in [0.1, 0.15) is 0 Å². The van der Waals surface area contributed by atoms with Crippen LogP contribution in [0.2, 0.25) is 0 Å². The van der Waals surface area contributed by atoms with E-state index in [4.69, 9.17) is 0 Å². The van der Waals surface area contributed by atoms with Crippen LogP contribution in [0.25, 0.3) is 0 Å². The third-order valence-corrected chi connectivity index (χ3v) is 10.0. The fraction of sp³-hybridized carbons (Fsp3) is 0.857. The summed E-state index contributed by atoms with van der Waals surface area (Å²) in [6.07, 6.45) is 18.0. The molecule has 0 saturated heterocycles. The SMILES string of the molecule is CCC(C=CC(C)C1CCC2C3=C(CCC21)C1(C)CCC(O)CC1CC3)C(C)C. The van der Waals surface area contributed by atoms with Gasteiger partial charge in [-0.2, -0.15) is 0 Å². The van der Waals surface area contributed by atoms with Crippen LogP contribution < -0.4 is 0 Å². The summed E-state index contributed by atoms with van der Waals surface area (Å²) in [4.78, 5) is 0. The van der Waals surface area contributed by atoms with Gasteiger partial charge in [0.15, 0.2) is 0 Å². The Morgan fingerprint density at radius 1 is 1.03 bits per heavy atom. The summed E-state index contributed by atoms with van der Waals surface area (Å²) in [6.45, 7) is 12.1. The van der Waals surface area contributed by atoms with Crippen molar-refractivity contribution in [2.45, 2.75) is 105 Å². The summed E-state index contributed by atoms with van der Waals surface area (Å²) >= 11 is 0. The van der Waals surface area contributed by atoms with Gasteiger partial charge < -0.3 is 5.11 Å². The lowest BCUT2D eigenvalue weighted by Crippen LogP contribution is -2.43. The molecule has 0 aromatic heterocycles. The van der Waals surface area contributed by atoms with Crippen molar-refractivity contribution < 1.29 is 5.11 Å². The maximum absolute atomic E-state index is 10.2. The van der Waals surface area contributed by atoms with E-state index in [2.05, 4.69) is 46.8 Å². The second-order valence-corrected chi connectivity index (χ2v) is 11.7. The first-order chi connectivity index (χ1) is 13.8. The molecule has 1 N–H and O–H groups in total. The molecule has 0 aliphatic heterocycles. The van der Waals surface area contributed by atoms with Crippen molar-refractivity contribution in [1.82, 2.24) is 0 Å². The minimum absolute atomic E-state index is 0.0344. The van der Waals surface area contributed by atoms with Crippen LogP contribution in [0.5, 0.6) is 0 Å². The van der Waals surface area contributed by atoms with Gasteiger partial charge in [-0.05, 0) is 111 Å². The molecule has 2 saturated carbocycles. The largest absolute Gasteiger partial charge is 0.393 e. The van der Waals surface area contributed by atoms with Crippen molar-refractivity contribution in [3.8, 4) is 0 Å². The molecule has 8 unspecified atom stereocenters. The number of hydrogen-bond donors (Lipinski definition) is 1. The summed E-state index contributed by atoms with van der Waals surface area (Å²) in [5.41, 5.74) is 4.19. The number of fused-ring (bicyclic) bond motifs is 4. The van der Waals surface area contributed by atoms with Crippen LogP contribution in [-0.2, 0) is 0 Å². The normalized spacial score (nSPS) is 42.0. The molecule has 0 spiro atoms. The van der Waals surface area contributed by atoms with E-state index in [0.717, 1.165) is 54.3 Å². The highest BCUT2D eigenvalue weighted by Crippen LogP contribution is 2.61. The number of aliphatic hydroxyl groups is 1.